The Hall–Kier alpha value is -4.38. The van der Waals surface area contributed by atoms with E-state index in [0.29, 0.717) is 22.2 Å². The van der Waals surface area contributed by atoms with Crippen LogP contribution in [0.4, 0.5) is 10.2 Å². The summed E-state index contributed by atoms with van der Waals surface area (Å²) in [4.78, 5) is 25.0. The number of hydrogen-bond acceptors (Lipinski definition) is 7. The maximum Gasteiger partial charge on any atom is 0.252 e. The molecular formula is C25H19ClFN9O. The van der Waals surface area contributed by atoms with Crippen LogP contribution in [0.2, 0.25) is 5.02 Å². The van der Waals surface area contributed by atoms with Crippen molar-refractivity contribution in [1.82, 2.24) is 39.7 Å². The molecule has 1 aliphatic carbocycles. The van der Waals surface area contributed by atoms with Crippen molar-refractivity contribution >= 4 is 17.4 Å². The molecule has 4 aromatic heterocycles. The van der Waals surface area contributed by atoms with Gasteiger partial charge in [-0.2, -0.15) is 9.07 Å². The number of imidazole rings is 1. The lowest BCUT2D eigenvalue weighted by Gasteiger charge is -2.15. The van der Waals surface area contributed by atoms with Crippen molar-refractivity contribution < 1.29 is 4.39 Å². The number of halogens is 2. The van der Waals surface area contributed by atoms with Crippen molar-refractivity contribution in [3.05, 3.63) is 87.8 Å². The minimum absolute atomic E-state index is 0.103. The molecule has 1 atom stereocenters. The van der Waals surface area contributed by atoms with Crippen molar-refractivity contribution in [3.63, 3.8) is 0 Å². The van der Waals surface area contributed by atoms with Crippen LogP contribution < -0.4 is 11.3 Å². The van der Waals surface area contributed by atoms with Crippen molar-refractivity contribution in [2.75, 3.05) is 5.73 Å². The van der Waals surface area contributed by atoms with Gasteiger partial charge in [0.15, 0.2) is 0 Å². The van der Waals surface area contributed by atoms with Gasteiger partial charge in [-0.25, -0.2) is 9.97 Å². The van der Waals surface area contributed by atoms with Gasteiger partial charge in [0.25, 0.3) is 5.56 Å². The Morgan fingerprint density at radius 1 is 1.14 bits per heavy atom. The van der Waals surface area contributed by atoms with Crippen molar-refractivity contribution in [3.8, 4) is 28.1 Å². The van der Waals surface area contributed by atoms with Crippen LogP contribution in [0.5, 0.6) is 0 Å². The highest BCUT2D eigenvalue weighted by Gasteiger charge is 2.54. The first-order chi connectivity index (χ1) is 17.9. The third-order valence-corrected chi connectivity index (χ3v) is 7.53. The second-order valence-electron chi connectivity index (χ2n) is 9.51. The molecule has 2 aliphatic rings. The zero-order valence-electron chi connectivity index (χ0n) is 19.3. The molecule has 5 aromatic rings. The molecule has 1 saturated carbocycles. The summed E-state index contributed by atoms with van der Waals surface area (Å²) in [6.45, 7) is 0. The smallest absolute Gasteiger partial charge is 0.252 e. The minimum atomic E-state index is -0.678. The van der Waals surface area contributed by atoms with Crippen molar-refractivity contribution in [1.29, 1.82) is 0 Å². The lowest BCUT2D eigenvalue weighted by Crippen LogP contribution is -2.24. The lowest BCUT2D eigenvalue weighted by atomic mass is 9.96. The predicted octanol–water partition coefficient (Wildman–Crippen LogP) is 3.68. The van der Waals surface area contributed by atoms with Crippen LogP contribution >= 0.6 is 11.6 Å². The summed E-state index contributed by atoms with van der Waals surface area (Å²) < 4.78 is 17.8. The number of pyridine rings is 2. The highest BCUT2D eigenvalue weighted by atomic mass is 35.5. The van der Waals surface area contributed by atoms with Gasteiger partial charge in [-0.05, 0) is 71.7 Å². The summed E-state index contributed by atoms with van der Waals surface area (Å²) in [7, 11) is 0. The van der Waals surface area contributed by atoms with Crippen LogP contribution in [0.15, 0.2) is 59.8 Å². The number of hydrogen-bond donors (Lipinski definition) is 2. The number of benzene rings is 1. The molecule has 0 amide bonds. The van der Waals surface area contributed by atoms with Crippen LogP contribution in [0, 0.1) is 5.95 Å². The fourth-order valence-corrected chi connectivity index (χ4v) is 5.54. The second kappa shape index (κ2) is 7.81. The number of nitrogen functional groups attached to an aromatic ring is 1. The lowest BCUT2D eigenvalue weighted by molar-refractivity contribution is 0.542. The monoisotopic (exact) mass is 515 g/mol. The number of nitrogens with zero attached hydrogens (tertiary/aromatic N) is 7. The zero-order chi connectivity index (χ0) is 25.3. The van der Waals surface area contributed by atoms with Crippen molar-refractivity contribution in [2.45, 2.75) is 30.7 Å². The summed E-state index contributed by atoms with van der Waals surface area (Å²) in [6, 6.07) is 11.9. The summed E-state index contributed by atoms with van der Waals surface area (Å²) >= 11 is 6.33. The van der Waals surface area contributed by atoms with Crippen LogP contribution in [0.25, 0.3) is 28.1 Å². The normalized spacial score (nSPS) is 17.3. The number of fused-ring (bicyclic) bond motifs is 2. The number of H-pyrrole nitrogens is 1. The molecule has 0 saturated heterocycles. The van der Waals surface area contributed by atoms with Crippen LogP contribution in [-0.2, 0) is 5.41 Å². The van der Waals surface area contributed by atoms with E-state index in [-0.39, 0.29) is 28.4 Å². The predicted molar refractivity (Wildman–Crippen MR) is 134 cm³/mol. The van der Waals surface area contributed by atoms with Crippen molar-refractivity contribution in [2.24, 2.45) is 0 Å². The molecule has 7 rings (SSSR count). The van der Waals surface area contributed by atoms with E-state index in [9.17, 15) is 9.18 Å². The summed E-state index contributed by atoms with van der Waals surface area (Å²) in [5, 5.41) is 12.0. The quantitative estimate of drug-likeness (QED) is 0.349. The Balaban J connectivity index is 1.33. The van der Waals surface area contributed by atoms with E-state index in [1.54, 1.807) is 33.6 Å². The molecule has 0 bridgehead atoms. The number of aromatic nitrogens is 8. The molecule has 1 aliphatic heterocycles. The van der Waals surface area contributed by atoms with Gasteiger partial charge in [-0.3, -0.25) is 4.79 Å². The van der Waals surface area contributed by atoms with Gasteiger partial charge >= 0.3 is 0 Å². The fraction of sp³-hybridized carbons (Fsp3) is 0.200. The van der Waals surface area contributed by atoms with Gasteiger partial charge in [0, 0.05) is 27.8 Å². The van der Waals surface area contributed by atoms with E-state index in [1.807, 2.05) is 12.1 Å². The Kier molecular flexibility index (Phi) is 4.61. The third-order valence-electron chi connectivity index (χ3n) is 7.30. The van der Waals surface area contributed by atoms with Gasteiger partial charge in [0.2, 0.25) is 5.95 Å². The number of tetrazole rings is 1. The van der Waals surface area contributed by atoms with Gasteiger partial charge in [-0.1, -0.05) is 11.6 Å². The van der Waals surface area contributed by atoms with E-state index in [4.69, 9.17) is 17.3 Å². The van der Waals surface area contributed by atoms with E-state index >= 15 is 0 Å². The maximum atomic E-state index is 14.4. The molecule has 1 spiro atoms. The molecule has 37 heavy (non-hydrogen) atoms. The molecule has 0 unspecified atom stereocenters. The van der Waals surface area contributed by atoms with Crippen LogP contribution in [0.1, 0.15) is 36.8 Å². The van der Waals surface area contributed by atoms with E-state index in [0.717, 1.165) is 36.1 Å². The first kappa shape index (κ1) is 21.9. The molecule has 1 aromatic carbocycles. The largest absolute Gasteiger partial charge is 0.384 e. The van der Waals surface area contributed by atoms with Gasteiger partial charge in [0.05, 0.1) is 29.2 Å². The fourth-order valence-electron chi connectivity index (χ4n) is 5.36. The van der Waals surface area contributed by atoms with Crippen LogP contribution in [0.3, 0.4) is 0 Å². The zero-order valence-corrected chi connectivity index (χ0v) is 20.0. The first-order valence-electron chi connectivity index (χ1n) is 11.7. The van der Waals surface area contributed by atoms with E-state index < -0.39 is 5.95 Å². The molecule has 3 N–H and O–H groups in total. The average Bonchev–Trinajstić information content (AvgIpc) is 3.21. The standard InChI is InChI=1S/C25H19ClFN9O/c26-14-1-3-18(35-12-30-33-34-35)16(9-14)13-7-20-25(5-6-25)10-19(36(20)22(37)8-13)24-29-11-17(31-24)15-2-4-21(28)32-23(15)27/h1-4,7-9,11-12,19H,5-6,10H2,(H2,28,32)(H,29,31)/t19-/m0/s1. The van der Waals surface area contributed by atoms with E-state index in [1.165, 1.54) is 12.4 Å². The molecule has 1 fully saturated rings. The Labute approximate surface area is 214 Å². The molecule has 5 heterocycles. The number of anilines is 1. The molecule has 0 radical (unpaired) electrons. The highest BCUT2D eigenvalue weighted by molar-refractivity contribution is 6.31. The molecule has 184 valence electrons. The van der Waals surface area contributed by atoms with Gasteiger partial charge < -0.3 is 15.3 Å². The molecule has 12 heteroatoms. The average molecular weight is 516 g/mol. The molecular weight excluding hydrogens is 497 g/mol. The molecule has 10 nitrogen and oxygen atoms in total. The number of rotatable bonds is 4. The summed E-state index contributed by atoms with van der Waals surface area (Å²) in [5.74, 6) is 0.0253. The Morgan fingerprint density at radius 3 is 2.76 bits per heavy atom. The maximum absolute atomic E-state index is 14.4. The Morgan fingerprint density at radius 2 is 2.00 bits per heavy atom. The highest BCUT2D eigenvalue weighted by Crippen LogP contribution is 2.58. The Bertz CT molecular complexity index is 1740. The van der Waals surface area contributed by atoms with Gasteiger partial charge in [0.1, 0.15) is 18.0 Å². The topological polar surface area (TPSA) is 133 Å². The number of aromatic amines is 1. The summed E-state index contributed by atoms with van der Waals surface area (Å²) in [6.07, 6.45) is 5.75. The van der Waals surface area contributed by atoms with Crippen LogP contribution in [-0.4, -0.2) is 39.7 Å². The second-order valence-corrected chi connectivity index (χ2v) is 9.95. The SMILES string of the molecule is Nc1ccc(-c2cnc([C@@H]3CC4(CC4)c4cc(-c5cc(Cl)ccc5-n5cnnn5)cc(=O)n43)[nH]2)c(F)n1. The van der Waals surface area contributed by atoms with Gasteiger partial charge in [-0.15, -0.1) is 5.10 Å². The minimum Gasteiger partial charge on any atom is -0.384 e. The number of nitrogens with two attached hydrogens (primary N) is 1. The summed E-state index contributed by atoms with van der Waals surface area (Å²) in [5.41, 5.74) is 9.25. The first-order valence-corrected chi connectivity index (χ1v) is 12.1. The third kappa shape index (κ3) is 3.45. The van der Waals surface area contributed by atoms with E-state index in [2.05, 4.69) is 36.5 Å². The number of nitrogens with one attached hydrogen (secondary N) is 1.